The van der Waals surface area contributed by atoms with E-state index < -0.39 is 12.7 Å². The second-order valence-corrected chi connectivity index (χ2v) is 7.13. The highest BCUT2D eigenvalue weighted by Gasteiger charge is 2.33. The molecule has 27 heavy (non-hydrogen) atoms. The van der Waals surface area contributed by atoms with E-state index in [9.17, 15) is 18.0 Å². The minimum Gasteiger partial charge on any atom is -0.349 e. The van der Waals surface area contributed by atoms with E-state index >= 15 is 0 Å². The number of piperidine rings is 1. The van der Waals surface area contributed by atoms with E-state index in [4.69, 9.17) is 0 Å². The number of amides is 1. The zero-order chi connectivity index (χ0) is 19.4. The van der Waals surface area contributed by atoms with Crippen LogP contribution in [0.5, 0.6) is 0 Å². The van der Waals surface area contributed by atoms with Gasteiger partial charge in [0.15, 0.2) is 0 Å². The number of alkyl halides is 3. The van der Waals surface area contributed by atoms with Crippen molar-refractivity contribution in [3.8, 4) is 5.69 Å². The summed E-state index contributed by atoms with van der Waals surface area (Å²) in [4.78, 5) is 14.0. The van der Waals surface area contributed by atoms with Crippen molar-refractivity contribution >= 4 is 5.91 Å². The number of carbonyl (C=O) groups is 1. The number of nitrogens with zero attached hydrogens (tertiary/aromatic N) is 2. The Morgan fingerprint density at radius 1 is 1.19 bits per heavy atom. The molecule has 1 aromatic carbocycles. The van der Waals surface area contributed by atoms with Crippen LogP contribution in [-0.2, 0) is 0 Å². The van der Waals surface area contributed by atoms with Gasteiger partial charge < -0.3 is 9.88 Å². The summed E-state index contributed by atoms with van der Waals surface area (Å²) in [5.74, 6) is 0.0280. The third kappa shape index (κ3) is 5.35. The third-order valence-corrected chi connectivity index (χ3v) is 5.11. The first-order chi connectivity index (χ1) is 12.8. The molecule has 0 bridgehead atoms. The van der Waals surface area contributed by atoms with E-state index in [0.717, 1.165) is 5.69 Å². The van der Waals surface area contributed by atoms with E-state index in [1.807, 2.05) is 54.2 Å². The number of nitrogens with one attached hydrogen (secondary N) is 1. The molecule has 0 unspecified atom stereocenters. The van der Waals surface area contributed by atoms with Crippen LogP contribution in [0.4, 0.5) is 13.2 Å². The summed E-state index contributed by atoms with van der Waals surface area (Å²) in [6, 6.07) is 11.1. The smallest absolute Gasteiger partial charge is 0.349 e. The van der Waals surface area contributed by atoms with Crippen LogP contribution in [0, 0.1) is 5.92 Å². The molecule has 0 aliphatic carbocycles. The van der Waals surface area contributed by atoms with E-state index in [2.05, 4.69) is 5.32 Å². The first-order valence-corrected chi connectivity index (χ1v) is 9.15. The van der Waals surface area contributed by atoms with Gasteiger partial charge in [-0.2, -0.15) is 13.2 Å². The quantitative estimate of drug-likeness (QED) is 0.856. The third-order valence-electron chi connectivity index (χ3n) is 5.11. The zero-order valence-corrected chi connectivity index (χ0v) is 15.2. The van der Waals surface area contributed by atoms with E-state index in [0.29, 0.717) is 31.5 Å². The molecule has 1 saturated heterocycles. The van der Waals surface area contributed by atoms with E-state index in [1.165, 1.54) is 4.90 Å². The lowest BCUT2D eigenvalue weighted by atomic mass is 9.90. The van der Waals surface area contributed by atoms with Gasteiger partial charge in [-0.3, -0.25) is 9.69 Å². The first kappa shape index (κ1) is 19.5. The minimum absolute atomic E-state index is 0.0826. The highest BCUT2D eigenvalue weighted by Crippen LogP contribution is 2.24. The number of carbonyl (C=O) groups excluding carboxylic acids is 1. The lowest BCUT2D eigenvalue weighted by Crippen LogP contribution is -2.46. The van der Waals surface area contributed by atoms with Gasteiger partial charge in [0.05, 0.1) is 6.54 Å². The number of halogens is 3. The molecule has 1 amide bonds. The molecule has 1 aliphatic heterocycles. The predicted molar refractivity (Wildman–Crippen MR) is 97.9 cm³/mol. The number of benzene rings is 1. The normalized spacial score (nSPS) is 17.6. The standard InChI is InChI=1S/C20H24F3N3O/c1-15(16-7-11-25(12-8-16)14-20(21,22)23)24-19(27)17-5-4-6-18(13-17)26-9-2-3-10-26/h2-6,9-10,13,15-16H,7-8,11-12,14H2,1H3,(H,24,27)/t15-/m0/s1. The van der Waals surface area contributed by atoms with Crippen molar-refractivity contribution in [3.63, 3.8) is 0 Å². The lowest BCUT2D eigenvalue weighted by molar-refractivity contribution is -0.148. The molecule has 0 saturated carbocycles. The summed E-state index contributed by atoms with van der Waals surface area (Å²) in [5, 5.41) is 3.01. The van der Waals surface area contributed by atoms with Crippen LogP contribution < -0.4 is 5.32 Å². The van der Waals surface area contributed by atoms with Crippen LogP contribution in [0.3, 0.4) is 0 Å². The Balaban J connectivity index is 1.55. The predicted octanol–water partition coefficient (Wildman–Crippen LogP) is 3.87. The monoisotopic (exact) mass is 379 g/mol. The summed E-state index contributed by atoms with van der Waals surface area (Å²) in [6.45, 7) is 1.89. The van der Waals surface area contributed by atoms with E-state index in [1.54, 1.807) is 6.07 Å². The Labute approximate surface area is 157 Å². The van der Waals surface area contributed by atoms with E-state index in [-0.39, 0.29) is 17.9 Å². The lowest BCUT2D eigenvalue weighted by Gasteiger charge is -2.35. The van der Waals surface area contributed by atoms with Crippen LogP contribution in [0.15, 0.2) is 48.8 Å². The van der Waals surface area contributed by atoms with Crippen molar-refractivity contribution in [2.24, 2.45) is 5.92 Å². The van der Waals surface area contributed by atoms with Crippen LogP contribution in [0.1, 0.15) is 30.1 Å². The van der Waals surface area contributed by atoms with Crippen molar-refractivity contribution < 1.29 is 18.0 Å². The fraction of sp³-hybridized carbons (Fsp3) is 0.450. The van der Waals surface area contributed by atoms with Gasteiger partial charge in [-0.05, 0) is 69.1 Å². The number of hydrogen-bond acceptors (Lipinski definition) is 2. The zero-order valence-electron chi connectivity index (χ0n) is 15.2. The second-order valence-electron chi connectivity index (χ2n) is 7.13. The molecule has 0 spiro atoms. The molecule has 2 heterocycles. The van der Waals surface area contributed by atoms with Crippen LogP contribution in [-0.4, -0.2) is 47.2 Å². The molecular weight excluding hydrogens is 355 g/mol. The summed E-state index contributed by atoms with van der Waals surface area (Å²) in [5.41, 5.74) is 1.48. The van der Waals surface area contributed by atoms with Gasteiger partial charge in [-0.25, -0.2) is 0 Å². The molecule has 1 aliphatic rings. The van der Waals surface area contributed by atoms with Gasteiger partial charge in [0, 0.05) is 29.7 Å². The van der Waals surface area contributed by atoms with Crippen molar-refractivity contribution in [3.05, 3.63) is 54.4 Å². The molecule has 1 N–H and O–H groups in total. The van der Waals surface area contributed by atoms with Crippen LogP contribution in [0.2, 0.25) is 0 Å². The first-order valence-electron chi connectivity index (χ1n) is 9.15. The maximum atomic E-state index is 12.6. The number of rotatable bonds is 5. The fourth-order valence-corrected chi connectivity index (χ4v) is 3.59. The Morgan fingerprint density at radius 3 is 2.48 bits per heavy atom. The highest BCUT2D eigenvalue weighted by atomic mass is 19.4. The molecule has 1 fully saturated rings. The number of hydrogen-bond donors (Lipinski definition) is 1. The van der Waals surface area contributed by atoms with Gasteiger partial charge in [-0.15, -0.1) is 0 Å². The molecular formula is C20H24F3N3O. The molecule has 3 rings (SSSR count). The minimum atomic E-state index is -4.16. The Hall–Kier alpha value is -2.28. The molecule has 4 nitrogen and oxygen atoms in total. The maximum absolute atomic E-state index is 12.6. The maximum Gasteiger partial charge on any atom is 0.401 e. The Bertz CT molecular complexity index is 750. The average molecular weight is 379 g/mol. The largest absolute Gasteiger partial charge is 0.401 e. The summed E-state index contributed by atoms with van der Waals surface area (Å²) in [7, 11) is 0. The van der Waals surface area contributed by atoms with Gasteiger partial charge in [0.25, 0.3) is 5.91 Å². The average Bonchev–Trinajstić information content (AvgIpc) is 3.15. The highest BCUT2D eigenvalue weighted by molar-refractivity contribution is 5.94. The van der Waals surface area contributed by atoms with Gasteiger partial charge in [0.1, 0.15) is 0 Å². The molecule has 1 atom stereocenters. The molecule has 0 radical (unpaired) electrons. The van der Waals surface area contributed by atoms with Crippen LogP contribution >= 0.6 is 0 Å². The van der Waals surface area contributed by atoms with Crippen molar-refractivity contribution in [2.45, 2.75) is 32.0 Å². The molecule has 1 aromatic heterocycles. The van der Waals surface area contributed by atoms with Crippen molar-refractivity contribution in [2.75, 3.05) is 19.6 Å². The van der Waals surface area contributed by atoms with Crippen LogP contribution in [0.25, 0.3) is 5.69 Å². The summed E-state index contributed by atoms with van der Waals surface area (Å²) >= 11 is 0. The topological polar surface area (TPSA) is 37.3 Å². The summed E-state index contributed by atoms with van der Waals surface area (Å²) in [6.07, 6.45) is 0.974. The number of aromatic nitrogens is 1. The summed E-state index contributed by atoms with van der Waals surface area (Å²) < 4.78 is 39.4. The van der Waals surface area contributed by atoms with Crippen molar-refractivity contribution in [1.29, 1.82) is 0 Å². The molecule has 7 heteroatoms. The van der Waals surface area contributed by atoms with Gasteiger partial charge in [0.2, 0.25) is 0 Å². The van der Waals surface area contributed by atoms with Crippen molar-refractivity contribution in [1.82, 2.24) is 14.8 Å². The molecule has 2 aromatic rings. The SMILES string of the molecule is C[C@H](NC(=O)c1cccc(-n2cccc2)c1)C1CCN(CC(F)(F)F)CC1. The molecule has 146 valence electrons. The Morgan fingerprint density at radius 2 is 1.85 bits per heavy atom. The fourth-order valence-electron chi connectivity index (χ4n) is 3.59. The Kier molecular flexibility index (Phi) is 5.89. The second kappa shape index (κ2) is 8.17. The number of likely N-dealkylation sites (tertiary alicyclic amines) is 1. The van der Waals surface area contributed by atoms with Gasteiger partial charge in [-0.1, -0.05) is 6.07 Å². The van der Waals surface area contributed by atoms with Gasteiger partial charge >= 0.3 is 6.18 Å².